The van der Waals surface area contributed by atoms with Gasteiger partial charge in [0.25, 0.3) is 0 Å². The average Bonchev–Trinajstić information content (AvgIpc) is 3.19. The molecule has 310 valence electrons. The van der Waals surface area contributed by atoms with Crippen molar-refractivity contribution in [2.24, 2.45) is 0 Å². The quantitative estimate of drug-likeness (QED) is 0.0385. The Kier molecular flexibility index (Phi) is 44.2. The van der Waals surface area contributed by atoms with E-state index in [1.54, 1.807) is 0 Å². The molecule has 0 aromatic carbocycles. The largest absolute Gasteiger partial charge is 0.457 e. The molecule has 0 amide bonds. The maximum Gasteiger partial charge on any atom is 0.306 e. The highest BCUT2D eigenvalue weighted by Gasteiger charge is 2.13. The van der Waals surface area contributed by atoms with Gasteiger partial charge in [0.05, 0.1) is 13.2 Å². The van der Waals surface area contributed by atoms with Gasteiger partial charge in [-0.2, -0.15) is 0 Å². The van der Waals surface area contributed by atoms with Gasteiger partial charge in [-0.05, 0) is 103 Å². The van der Waals surface area contributed by atoms with E-state index >= 15 is 0 Å². The lowest BCUT2D eigenvalue weighted by Crippen LogP contribution is -2.27. The van der Waals surface area contributed by atoms with E-state index in [0.29, 0.717) is 13.0 Å². The molecule has 1 unspecified atom stereocenters. The summed E-state index contributed by atoms with van der Waals surface area (Å²) in [5.74, 6) is -0.241. The summed E-state index contributed by atoms with van der Waals surface area (Å²) in [5, 5.41) is 9.61. The van der Waals surface area contributed by atoms with E-state index in [4.69, 9.17) is 9.47 Å². The Hall–Kier alpha value is -3.21. The Morgan fingerprint density at radius 2 is 0.764 bits per heavy atom. The minimum atomic E-state index is -0.566. The maximum absolute atomic E-state index is 12.2. The van der Waals surface area contributed by atoms with Crippen molar-refractivity contribution < 1.29 is 19.4 Å². The van der Waals surface area contributed by atoms with Crippen LogP contribution in [0.2, 0.25) is 0 Å². The van der Waals surface area contributed by atoms with Crippen molar-refractivity contribution in [3.8, 4) is 0 Å². The molecule has 0 heterocycles. The van der Waals surface area contributed by atoms with Gasteiger partial charge in [0.2, 0.25) is 0 Å². The van der Waals surface area contributed by atoms with Crippen LogP contribution >= 0.6 is 0 Å². The number of hydrogen-bond acceptors (Lipinski definition) is 4. The zero-order valence-electron chi connectivity index (χ0n) is 35.4. The SMILES string of the molecule is CC/C=C\C/C=C\C/C=C\C/C=C\C/C=C\C/C=C\C/C=C\CCCCCC(=O)OC(CO)COCCCCCCCCCC/C=C\C/C=C\C/C=C\CC. The van der Waals surface area contributed by atoms with E-state index in [0.717, 1.165) is 103 Å². The molecule has 0 aromatic rings. The number of unbranched alkanes of at least 4 members (excludes halogenated alkanes) is 11. The number of rotatable bonds is 39. The van der Waals surface area contributed by atoms with Gasteiger partial charge >= 0.3 is 5.97 Å². The van der Waals surface area contributed by atoms with E-state index in [-0.39, 0.29) is 19.2 Å². The molecule has 4 nitrogen and oxygen atoms in total. The molecular formula is C51H82O4. The van der Waals surface area contributed by atoms with Crippen molar-refractivity contribution in [1.82, 2.24) is 0 Å². The lowest BCUT2D eigenvalue weighted by molar-refractivity contribution is -0.154. The maximum atomic E-state index is 12.2. The molecule has 0 bridgehead atoms. The van der Waals surface area contributed by atoms with Crippen LogP contribution in [0.15, 0.2) is 122 Å². The molecule has 0 spiro atoms. The molecule has 0 fully saturated rings. The van der Waals surface area contributed by atoms with E-state index in [1.165, 1.54) is 44.9 Å². The number of allylic oxidation sites excluding steroid dienone is 20. The molecule has 0 aliphatic rings. The number of carbonyl (C=O) groups excluding carboxylic acids is 1. The highest BCUT2D eigenvalue weighted by Crippen LogP contribution is 2.11. The highest BCUT2D eigenvalue weighted by atomic mass is 16.6. The van der Waals surface area contributed by atoms with Crippen LogP contribution < -0.4 is 0 Å². The number of ether oxygens (including phenoxy) is 2. The minimum absolute atomic E-state index is 0.197. The molecule has 0 saturated carbocycles. The van der Waals surface area contributed by atoms with Crippen LogP contribution in [0.5, 0.6) is 0 Å². The topological polar surface area (TPSA) is 55.8 Å². The molecule has 55 heavy (non-hydrogen) atoms. The molecule has 0 aliphatic heterocycles. The standard InChI is InChI=1S/C51H82O4/c1-3-5-7-9-11-13-15-17-19-21-23-24-25-26-27-28-29-30-32-34-36-38-40-42-44-46-51(53)55-50(48-52)49-54-47-45-43-41-39-37-35-33-31-22-20-18-16-14-12-10-8-6-4-2/h5-8,11-14,17-20,23-24,26-27,29-30,34,36,50,52H,3-4,9-10,15-16,21-22,25,28,31-33,35,37-49H2,1-2H3/b7-5-,8-6-,13-11-,14-12-,19-17-,20-18-,24-23-,27-26-,30-29-,36-34-. The Labute approximate surface area is 339 Å². The first-order valence-corrected chi connectivity index (χ1v) is 22.1. The van der Waals surface area contributed by atoms with Gasteiger partial charge in [-0.1, -0.05) is 180 Å². The van der Waals surface area contributed by atoms with Gasteiger partial charge in [-0.15, -0.1) is 0 Å². The number of aliphatic hydroxyl groups is 1. The molecule has 0 aromatic heterocycles. The second kappa shape index (κ2) is 46.9. The third-order valence-corrected chi connectivity index (χ3v) is 8.78. The van der Waals surface area contributed by atoms with Crippen molar-refractivity contribution >= 4 is 5.97 Å². The van der Waals surface area contributed by atoms with Crippen LogP contribution in [0.25, 0.3) is 0 Å². The van der Waals surface area contributed by atoms with Gasteiger partial charge in [0.15, 0.2) is 0 Å². The summed E-state index contributed by atoms with van der Waals surface area (Å²) in [4.78, 5) is 12.2. The number of carbonyl (C=O) groups is 1. The predicted molar refractivity (Wildman–Crippen MR) is 241 cm³/mol. The molecule has 1 N–H and O–H groups in total. The summed E-state index contributed by atoms with van der Waals surface area (Å²) < 4.78 is 11.1. The smallest absolute Gasteiger partial charge is 0.306 e. The van der Waals surface area contributed by atoms with Crippen molar-refractivity contribution in [3.63, 3.8) is 0 Å². The van der Waals surface area contributed by atoms with Crippen LogP contribution in [0.3, 0.4) is 0 Å². The Bertz CT molecular complexity index is 1110. The normalized spacial score (nSPS) is 13.6. The summed E-state index contributed by atoms with van der Waals surface area (Å²) >= 11 is 0. The molecule has 1 atom stereocenters. The molecule has 0 saturated heterocycles. The third-order valence-electron chi connectivity index (χ3n) is 8.78. The van der Waals surface area contributed by atoms with Crippen molar-refractivity contribution in [3.05, 3.63) is 122 Å². The van der Waals surface area contributed by atoms with Crippen LogP contribution in [0.4, 0.5) is 0 Å². The third kappa shape index (κ3) is 45.1. The fraction of sp³-hybridized carbons (Fsp3) is 0.588. The summed E-state index contributed by atoms with van der Waals surface area (Å²) in [5.41, 5.74) is 0. The second-order valence-corrected chi connectivity index (χ2v) is 14.0. The van der Waals surface area contributed by atoms with Crippen molar-refractivity contribution in [1.29, 1.82) is 0 Å². The first-order chi connectivity index (χ1) is 27.2. The van der Waals surface area contributed by atoms with Gasteiger partial charge in [-0.25, -0.2) is 0 Å². The summed E-state index contributed by atoms with van der Waals surface area (Å²) in [7, 11) is 0. The molecular weight excluding hydrogens is 677 g/mol. The van der Waals surface area contributed by atoms with Crippen molar-refractivity contribution in [2.75, 3.05) is 19.8 Å². The molecule has 0 rings (SSSR count). The van der Waals surface area contributed by atoms with Crippen LogP contribution in [0.1, 0.15) is 168 Å². The molecule has 0 radical (unpaired) electrons. The van der Waals surface area contributed by atoms with Gasteiger partial charge < -0.3 is 14.6 Å². The van der Waals surface area contributed by atoms with Gasteiger partial charge in [-0.3, -0.25) is 4.79 Å². The van der Waals surface area contributed by atoms with Crippen LogP contribution in [-0.2, 0) is 14.3 Å². The van der Waals surface area contributed by atoms with E-state index < -0.39 is 6.10 Å². The fourth-order valence-electron chi connectivity index (χ4n) is 5.56. The minimum Gasteiger partial charge on any atom is -0.457 e. The summed E-state index contributed by atoms with van der Waals surface area (Å²) in [6.07, 6.45) is 69.7. The summed E-state index contributed by atoms with van der Waals surface area (Å²) in [6, 6.07) is 0. The van der Waals surface area contributed by atoms with E-state index in [9.17, 15) is 9.90 Å². The molecule has 0 aliphatic carbocycles. The summed E-state index contributed by atoms with van der Waals surface area (Å²) in [6.45, 7) is 5.05. The number of aliphatic hydroxyl groups excluding tert-OH is 1. The zero-order chi connectivity index (χ0) is 39.8. The monoisotopic (exact) mass is 759 g/mol. The van der Waals surface area contributed by atoms with E-state index in [2.05, 4.69) is 135 Å². The number of esters is 1. The van der Waals surface area contributed by atoms with Crippen LogP contribution in [0, 0.1) is 0 Å². The average molecular weight is 759 g/mol. The Balaban J connectivity index is 3.60. The lowest BCUT2D eigenvalue weighted by Gasteiger charge is -2.15. The first kappa shape index (κ1) is 51.8. The first-order valence-electron chi connectivity index (χ1n) is 22.1. The van der Waals surface area contributed by atoms with E-state index in [1.807, 2.05) is 0 Å². The lowest BCUT2D eigenvalue weighted by atomic mass is 10.1. The second-order valence-electron chi connectivity index (χ2n) is 14.0. The van der Waals surface area contributed by atoms with Crippen molar-refractivity contribution in [2.45, 2.75) is 174 Å². The Morgan fingerprint density at radius 3 is 1.15 bits per heavy atom. The van der Waals surface area contributed by atoms with Gasteiger partial charge in [0, 0.05) is 13.0 Å². The fourth-order valence-corrected chi connectivity index (χ4v) is 5.56. The number of hydrogen-bond donors (Lipinski definition) is 1. The molecule has 4 heteroatoms. The van der Waals surface area contributed by atoms with Crippen LogP contribution in [-0.4, -0.2) is 37.0 Å². The predicted octanol–water partition coefficient (Wildman–Crippen LogP) is 14.9. The van der Waals surface area contributed by atoms with Gasteiger partial charge in [0.1, 0.15) is 6.10 Å². The Morgan fingerprint density at radius 1 is 0.436 bits per heavy atom. The zero-order valence-corrected chi connectivity index (χ0v) is 35.4. The highest BCUT2D eigenvalue weighted by molar-refractivity contribution is 5.69.